The Morgan fingerprint density at radius 1 is 1.07 bits per heavy atom. The molecule has 1 unspecified atom stereocenters. The first-order valence-corrected chi connectivity index (χ1v) is 9.90. The van der Waals surface area contributed by atoms with Crippen molar-refractivity contribution >= 4 is 23.4 Å². The van der Waals surface area contributed by atoms with Gasteiger partial charge in [-0.3, -0.25) is 0 Å². The number of rotatable bonds is 5. The molecular weight excluding hydrogens is 364 g/mol. The highest BCUT2D eigenvalue weighted by molar-refractivity contribution is 6.32. The van der Waals surface area contributed by atoms with E-state index in [0.717, 1.165) is 50.1 Å². The van der Waals surface area contributed by atoms with Crippen molar-refractivity contribution in [2.75, 3.05) is 23.8 Å². The van der Waals surface area contributed by atoms with Crippen molar-refractivity contribution in [3.63, 3.8) is 0 Å². The lowest BCUT2D eigenvalue weighted by Gasteiger charge is -2.26. The fraction of sp³-hybridized carbons (Fsp3) is 0.526. The topological polar surface area (TPSA) is 98.0 Å². The van der Waals surface area contributed by atoms with Crippen LogP contribution in [0.4, 0.5) is 11.8 Å². The lowest BCUT2D eigenvalue weighted by molar-refractivity contribution is 0.195. The van der Waals surface area contributed by atoms with Crippen molar-refractivity contribution in [3.8, 4) is 11.3 Å². The molecule has 2 aliphatic rings. The Balaban J connectivity index is 1.50. The van der Waals surface area contributed by atoms with Crippen molar-refractivity contribution in [1.82, 2.24) is 15.0 Å². The molecule has 1 atom stereocenters. The summed E-state index contributed by atoms with van der Waals surface area (Å²) < 4.78 is 5.41. The first-order valence-electron chi connectivity index (χ1n) is 9.53. The standard InChI is InChI=1S/C19H25ClN6O/c20-16-10-23-19(25-14-3-1-13(21)2-4-14)26-18(16)12-5-7-22-17(9-12)24-15-6-8-27-11-15/h5,7,9-10,13-15H,1-4,6,8,11,21H2,(H,22,24)(H,23,25,26). The molecule has 1 saturated carbocycles. The van der Waals surface area contributed by atoms with Crippen molar-refractivity contribution < 1.29 is 4.74 Å². The molecule has 4 N–H and O–H groups in total. The highest BCUT2D eigenvalue weighted by Gasteiger charge is 2.20. The zero-order chi connectivity index (χ0) is 18.6. The van der Waals surface area contributed by atoms with Crippen LogP contribution in [-0.2, 0) is 4.74 Å². The third-order valence-corrected chi connectivity index (χ3v) is 5.44. The van der Waals surface area contributed by atoms with Crippen LogP contribution in [-0.4, -0.2) is 46.3 Å². The monoisotopic (exact) mass is 388 g/mol. The number of hydrogen-bond donors (Lipinski definition) is 3. The quantitative estimate of drug-likeness (QED) is 0.723. The summed E-state index contributed by atoms with van der Waals surface area (Å²) in [6.45, 7) is 1.50. The van der Waals surface area contributed by atoms with Crippen LogP contribution in [0.25, 0.3) is 11.3 Å². The van der Waals surface area contributed by atoms with Gasteiger partial charge in [-0.25, -0.2) is 15.0 Å². The lowest BCUT2D eigenvalue weighted by atomic mass is 9.92. The van der Waals surface area contributed by atoms with E-state index >= 15 is 0 Å². The minimum absolute atomic E-state index is 0.295. The molecule has 2 fully saturated rings. The number of anilines is 2. The maximum absolute atomic E-state index is 6.39. The third-order valence-electron chi connectivity index (χ3n) is 5.16. The zero-order valence-corrected chi connectivity index (χ0v) is 16.0. The number of aromatic nitrogens is 3. The van der Waals surface area contributed by atoms with Crippen LogP contribution in [0.3, 0.4) is 0 Å². The summed E-state index contributed by atoms with van der Waals surface area (Å²) >= 11 is 6.39. The smallest absolute Gasteiger partial charge is 0.223 e. The molecule has 1 aliphatic carbocycles. The van der Waals surface area contributed by atoms with Gasteiger partial charge in [-0.1, -0.05) is 11.6 Å². The molecule has 3 heterocycles. The van der Waals surface area contributed by atoms with E-state index in [0.29, 0.717) is 41.4 Å². The second kappa shape index (κ2) is 8.37. The normalized spacial score (nSPS) is 25.3. The predicted octanol–water partition coefficient (Wildman–Crippen LogP) is 3.07. The van der Waals surface area contributed by atoms with Gasteiger partial charge in [0.2, 0.25) is 5.95 Å². The molecule has 0 bridgehead atoms. The van der Waals surface area contributed by atoms with E-state index in [2.05, 4.69) is 25.6 Å². The molecule has 0 spiro atoms. The largest absolute Gasteiger partial charge is 0.379 e. The molecule has 2 aromatic rings. The molecule has 2 aromatic heterocycles. The van der Waals surface area contributed by atoms with Crippen molar-refractivity contribution in [3.05, 3.63) is 29.5 Å². The number of nitrogens with two attached hydrogens (primary N) is 1. The van der Waals surface area contributed by atoms with Gasteiger partial charge < -0.3 is 21.1 Å². The van der Waals surface area contributed by atoms with Crippen LogP contribution in [0.15, 0.2) is 24.5 Å². The Hall–Kier alpha value is -1.96. The van der Waals surface area contributed by atoms with Crippen molar-refractivity contribution in [2.45, 2.75) is 50.2 Å². The second-order valence-corrected chi connectivity index (χ2v) is 7.69. The van der Waals surface area contributed by atoms with Crippen molar-refractivity contribution in [2.24, 2.45) is 5.73 Å². The average Bonchev–Trinajstić information content (AvgIpc) is 3.18. The molecule has 0 amide bonds. The van der Waals surface area contributed by atoms with Crippen molar-refractivity contribution in [1.29, 1.82) is 0 Å². The maximum atomic E-state index is 6.39. The summed E-state index contributed by atoms with van der Waals surface area (Å²) in [7, 11) is 0. The van der Waals surface area contributed by atoms with E-state index in [-0.39, 0.29) is 0 Å². The number of pyridine rings is 1. The lowest BCUT2D eigenvalue weighted by Crippen LogP contribution is -2.33. The molecule has 27 heavy (non-hydrogen) atoms. The van der Waals surface area contributed by atoms with Crippen LogP contribution >= 0.6 is 11.6 Å². The molecule has 1 aliphatic heterocycles. The van der Waals surface area contributed by atoms with Gasteiger partial charge in [-0.2, -0.15) is 0 Å². The summed E-state index contributed by atoms with van der Waals surface area (Å²) in [5, 5.41) is 7.35. The SMILES string of the molecule is NC1CCC(Nc2ncc(Cl)c(-c3ccnc(NC4CCOC4)c3)n2)CC1. The molecule has 0 radical (unpaired) electrons. The molecular formula is C19H25ClN6O. The summed E-state index contributed by atoms with van der Waals surface area (Å²) in [5.41, 5.74) is 7.60. The number of halogens is 1. The average molecular weight is 389 g/mol. The van der Waals surface area contributed by atoms with Crippen LogP contribution in [0.1, 0.15) is 32.1 Å². The number of ether oxygens (including phenoxy) is 1. The van der Waals surface area contributed by atoms with Gasteiger partial charge in [0.15, 0.2) is 0 Å². The summed E-state index contributed by atoms with van der Waals surface area (Å²) in [5.74, 6) is 1.40. The van der Waals surface area contributed by atoms with E-state index in [1.165, 1.54) is 0 Å². The van der Waals surface area contributed by atoms with Gasteiger partial charge in [-0.15, -0.1) is 0 Å². The zero-order valence-electron chi connectivity index (χ0n) is 15.2. The molecule has 144 valence electrons. The molecule has 0 aromatic carbocycles. The second-order valence-electron chi connectivity index (χ2n) is 7.28. The Labute approximate surface area is 164 Å². The van der Waals surface area contributed by atoms with Gasteiger partial charge in [0.25, 0.3) is 0 Å². The fourth-order valence-corrected chi connectivity index (χ4v) is 3.80. The predicted molar refractivity (Wildman–Crippen MR) is 107 cm³/mol. The Morgan fingerprint density at radius 3 is 2.70 bits per heavy atom. The number of nitrogens with one attached hydrogen (secondary N) is 2. The van der Waals surface area contributed by atoms with Gasteiger partial charge in [0.05, 0.1) is 29.6 Å². The number of nitrogens with zero attached hydrogens (tertiary/aromatic N) is 3. The number of hydrogen-bond acceptors (Lipinski definition) is 7. The van der Waals surface area contributed by atoms with Gasteiger partial charge in [0.1, 0.15) is 5.82 Å². The summed E-state index contributed by atoms with van der Waals surface area (Å²) in [6.07, 6.45) is 8.54. The van der Waals surface area contributed by atoms with Gasteiger partial charge in [-0.05, 0) is 44.2 Å². The molecule has 1 saturated heterocycles. The van der Waals surface area contributed by atoms with Crippen LogP contribution in [0, 0.1) is 0 Å². The highest BCUT2D eigenvalue weighted by Crippen LogP contribution is 2.28. The fourth-order valence-electron chi connectivity index (χ4n) is 3.60. The summed E-state index contributed by atoms with van der Waals surface area (Å²) in [4.78, 5) is 13.4. The van der Waals surface area contributed by atoms with Gasteiger partial charge in [0, 0.05) is 30.5 Å². The van der Waals surface area contributed by atoms with E-state index < -0.39 is 0 Å². The van der Waals surface area contributed by atoms with Crippen LogP contribution < -0.4 is 16.4 Å². The molecule has 7 nitrogen and oxygen atoms in total. The minimum Gasteiger partial charge on any atom is -0.379 e. The molecule has 8 heteroatoms. The minimum atomic E-state index is 0.295. The third kappa shape index (κ3) is 4.66. The van der Waals surface area contributed by atoms with E-state index in [4.69, 9.17) is 22.1 Å². The Kier molecular flexibility index (Phi) is 5.71. The Bertz CT molecular complexity index is 775. The maximum Gasteiger partial charge on any atom is 0.223 e. The highest BCUT2D eigenvalue weighted by atomic mass is 35.5. The van der Waals surface area contributed by atoms with E-state index in [9.17, 15) is 0 Å². The Morgan fingerprint density at radius 2 is 1.93 bits per heavy atom. The van der Waals surface area contributed by atoms with Crippen LogP contribution in [0.5, 0.6) is 0 Å². The first kappa shape index (κ1) is 18.4. The first-order chi connectivity index (χ1) is 13.2. The van der Waals surface area contributed by atoms with E-state index in [1.54, 1.807) is 12.4 Å². The van der Waals surface area contributed by atoms with Crippen LogP contribution in [0.2, 0.25) is 5.02 Å². The summed E-state index contributed by atoms with van der Waals surface area (Å²) in [6, 6.07) is 4.85. The van der Waals surface area contributed by atoms with E-state index in [1.807, 2.05) is 12.1 Å². The van der Waals surface area contributed by atoms with Gasteiger partial charge >= 0.3 is 0 Å². The molecule has 4 rings (SSSR count).